The van der Waals surface area contributed by atoms with Crippen LogP contribution in [-0.2, 0) is 4.79 Å². The van der Waals surface area contributed by atoms with Gasteiger partial charge in [-0.25, -0.2) is 4.39 Å². The molecule has 0 aliphatic rings. The summed E-state index contributed by atoms with van der Waals surface area (Å²) in [5.74, 6) is -0.334. The second kappa shape index (κ2) is 3.66. The highest BCUT2D eigenvalue weighted by atomic mass is 19.1. The molecule has 2 heteroatoms. The zero-order chi connectivity index (χ0) is 8.10. The van der Waals surface area contributed by atoms with Gasteiger partial charge in [0.1, 0.15) is 5.82 Å². The third-order valence-corrected chi connectivity index (χ3v) is 1.24. The smallest absolute Gasteiger partial charge is 0.225 e. The van der Waals surface area contributed by atoms with Crippen molar-refractivity contribution in [1.82, 2.24) is 0 Å². The lowest BCUT2D eigenvalue weighted by atomic mass is 10.2. The van der Waals surface area contributed by atoms with E-state index in [9.17, 15) is 9.18 Å². The fourth-order valence-corrected chi connectivity index (χ4v) is 0.734. The molecule has 0 unspecified atom stereocenters. The Morgan fingerprint density at radius 1 is 1.36 bits per heavy atom. The van der Waals surface area contributed by atoms with Crippen LogP contribution in [0, 0.1) is 5.82 Å². The highest BCUT2D eigenvalue weighted by Crippen LogP contribution is 2.07. The molecule has 0 aromatic heterocycles. The van der Waals surface area contributed by atoms with E-state index in [4.69, 9.17) is 0 Å². The first-order chi connectivity index (χ1) is 5.34. The van der Waals surface area contributed by atoms with Gasteiger partial charge in [0.05, 0.1) is 0 Å². The van der Waals surface area contributed by atoms with E-state index in [2.05, 4.69) is 0 Å². The summed E-state index contributed by atoms with van der Waals surface area (Å²) in [6, 6.07) is 6.22. The van der Waals surface area contributed by atoms with Crippen molar-refractivity contribution in [2.75, 3.05) is 0 Å². The minimum absolute atomic E-state index is 0.334. The molecule has 0 amide bonds. The summed E-state index contributed by atoms with van der Waals surface area (Å²) in [4.78, 5) is 9.76. The average molecular weight is 149 g/mol. The maximum atomic E-state index is 12.7. The molecule has 0 atom stereocenters. The molecule has 0 saturated heterocycles. The number of benzene rings is 1. The van der Waals surface area contributed by atoms with Crippen molar-refractivity contribution >= 4 is 12.4 Å². The van der Waals surface area contributed by atoms with Gasteiger partial charge in [0.25, 0.3) is 0 Å². The average Bonchev–Trinajstić information content (AvgIpc) is 2.03. The molecule has 0 saturated carbocycles. The molecule has 1 aromatic carbocycles. The minimum Gasteiger partial charge on any atom is -0.286 e. The van der Waals surface area contributed by atoms with E-state index >= 15 is 0 Å². The topological polar surface area (TPSA) is 17.1 Å². The fourth-order valence-electron chi connectivity index (χ4n) is 0.734. The minimum atomic E-state index is -0.334. The van der Waals surface area contributed by atoms with Crippen LogP contribution in [0.15, 0.2) is 30.3 Å². The maximum Gasteiger partial charge on any atom is 0.225 e. The quantitative estimate of drug-likeness (QED) is 0.587. The van der Waals surface area contributed by atoms with Crippen molar-refractivity contribution in [2.45, 2.75) is 0 Å². The number of rotatable bonds is 2. The third kappa shape index (κ3) is 2.00. The van der Waals surface area contributed by atoms with E-state index < -0.39 is 0 Å². The molecule has 0 spiro atoms. The Balaban J connectivity index is 2.94. The van der Waals surface area contributed by atoms with Gasteiger partial charge in [0, 0.05) is 5.56 Å². The van der Waals surface area contributed by atoms with Crippen LogP contribution in [0.1, 0.15) is 5.56 Å². The maximum absolute atomic E-state index is 12.7. The number of allylic oxidation sites excluding steroid dienone is 1. The standard InChI is InChI=1S/C9H6FO/c10-9-6-2-1-4-8(9)5-3-7-11/h1-6H. The largest absolute Gasteiger partial charge is 0.286 e. The summed E-state index contributed by atoms with van der Waals surface area (Å²) in [5, 5.41) is 0. The highest BCUT2D eigenvalue weighted by Gasteiger charge is 1.93. The van der Waals surface area contributed by atoms with Crippen LogP contribution in [0.3, 0.4) is 0 Å². The summed E-state index contributed by atoms with van der Waals surface area (Å²) in [6.07, 6.45) is 4.06. The van der Waals surface area contributed by atoms with Gasteiger partial charge in [-0.3, -0.25) is 4.79 Å². The predicted molar refractivity (Wildman–Crippen MR) is 41.1 cm³/mol. The summed E-state index contributed by atoms with van der Waals surface area (Å²) in [5.41, 5.74) is 0.399. The summed E-state index contributed by atoms with van der Waals surface area (Å²) >= 11 is 0. The Labute approximate surface area is 64.2 Å². The molecule has 0 aliphatic heterocycles. The lowest BCUT2D eigenvalue weighted by Gasteiger charge is -1.92. The zero-order valence-electron chi connectivity index (χ0n) is 5.75. The number of halogens is 1. The summed E-state index contributed by atoms with van der Waals surface area (Å²) in [6.45, 7) is 0. The lowest BCUT2D eigenvalue weighted by Crippen LogP contribution is -1.78. The molecule has 1 radical (unpaired) electrons. The molecule has 1 nitrogen and oxygen atoms in total. The molecule has 0 bridgehead atoms. The molecule has 55 valence electrons. The Morgan fingerprint density at radius 2 is 2.09 bits per heavy atom. The van der Waals surface area contributed by atoms with Crippen LogP contribution in [0.4, 0.5) is 4.39 Å². The van der Waals surface area contributed by atoms with Gasteiger partial charge in [-0.2, -0.15) is 0 Å². The Kier molecular flexibility index (Phi) is 2.55. The molecule has 0 fully saturated rings. The second-order valence-corrected chi connectivity index (χ2v) is 1.97. The second-order valence-electron chi connectivity index (χ2n) is 1.97. The summed E-state index contributed by atoms with van der Waals surface area (Å²) < 4.78 is 12.7. The molecule has 1 rings (SSSR count). The molecular formula is C9H6FO. The van der Waals surface area contributed by atoms with Gasteiger partial charge in [0.2, 0.25) is 6.29 Å². The molecule has 11 heavy (non-hydrogen) atoms. The van der Waals surface area contributed by atoms with Crippen LogP contribution in [0.2, 0.25) is 0 Å². The molecular weight excluding hydrogens is 143 g/mol. The van der Waals surface area contributed by atoms with Gasteiger partial charge >= 0.3 is 0 Å². The van der Waals surface area contributed by atoms with E-state index in [0.717, 1.165) is 6.08 Å². The van der Waals surface area contributed by atoms with E-state index in [0.29, 0.717) is 5.56 Å². The van der Waals surface area contributed by atoms with Crippen LogP contribution in [-0.4, -0.2) is 6.29 Å². The molecule has 0 aliphatic carbocycles. The normalized spacial score (nSPS) is 10.3. The zero-order valence-corrected chi connectivity index (χ0v) is 5.75. The Morgan fingerprint density at radius 3 is 2.73 bits per heavy atom. The summed E-state index contributed by atoms with van der Waals surface area (Å²) in [7, 11) is 0. The van der Waals surface area contributed by atoms with Crippen molar-refractivity contribution in [3.8, 4) is 0 Å². The van der Waals surface area contributed by atoms with Crippen molar-refractivity contribution in [1.29, 1.82) is 0 Å². The van der Waals surface area contributed by atoms with Crippen molar-refractivity contribution in [2.24, 2.45) is 0 Å². The van der Waals surface area contributed by atoms with Gasteiger partial charge in [-0.05, 0) is 18.2 Å². The van der Waals surface area contributed by atoms with Gasteiger partial charge in [-0.15, -0.1) is 0 Å². The SMILES string of the molecule is O=[C]C=Cc1ccccc1F. The van der Waals surface area contributed by atoms with E-state index in [-0.39, 0.29) is 5.82 Å². The molecule has 0 heterocycles. The van der Waals surface area contributed by atoms with E-state index in [1.165, 1.54) is 12.1 Å². The van der Waals surface area contributed by atoms with Crippen molar-refractivity contribution in [3.05, 3.63) is 41.7 Å². The highest BCUT2D eigenvalue weighted by molar-refractivity contribution is 5.74. The van der Waals surface area contributed by atoms with Crippen molar-refractivity contribution < 1.29 is 9.18 Å². The van der Waals surface area contributed by atoms with E-state index in [1.54, 1.807) is 24.5 Å². The van der Waals surface area contributed by atoms with Gasteiger partial charge in [-0.1, -0.05) is 18.2 Å². The Hall–Kier alpha value is -1.44. The lowest BCUT2D eigenvalue weighted by molar-refractivity contribution is 0.564. The van der Waals surface area contributed by atoms with Gasteiger partial charge in [0.15, 0.2) is 0 Å². The number of hydrogen-bond donors (Lipinski definition) is 0. The number of carbonyl (C=O) groups excluding carboxylic acids is 1. The van der Waals surface area contributed by atoms with Crippen LogP contribution in [0.5, 0.6) is 0 Å². The monoisotopic (exact) mass is 149 g/mol. The third-order valence-electron chi connectivity index (χ3n) is 1.24. The molecule has 0 N–H and O–H groups in total. The first kappa shape index (κ1) is 7.66. The van der Waals surface area contributed by atoms with Crippen LogP contribution in [0.25, 0.3) is 6.08 Å². The van der Waals surface area contributed by atoms with E-state index in [1.807, 2.05) is 0 Å². The predicted octanol–water partition coefficient (Wildman–Crippen LogP) is 1.95. The van der Waals surface area contributed by atoms with Crippen LogP contribution < -0.4 is 0 Å². The first-order valence-electron chi connectivity index (χ1n) is 3.13. The number of hydrogen-bond acceptors (Lipinski definition) is 1. The Bertz CT molecular complexity index is 279. The van der Waals surface area contributed by atoms with Crippen molar-refractivity contribution in [3.63, 3.8) is 0 Å². The first-order valence-corrected chi connectivity index (χ1v) is 3.13. The molecule has 1 aromatic rings. The van der Waals surface area contributed by atoms with Crippen LogP contribution >= 0.6 is 0 Å². The van der Waals surface area contributed by atoms with Gasteiger partial charge < -0.3 is 0 Å². The fraction of sp³-hybridized carbons (Fsp3) is 0.